The first-order valence-corrected chi connectivity index (χ1v) is 13.5. The molecule has 7 atom stereocenters. The number of hydrogen-bond donors (Lipinski definition) is 2. The number of aliphatic hydroxyl groups is 2. The fourth-order valence-electron chi connectivity index (χ4n) is 9.16. The van der Waals surface area contributed by atoms with Crippen molar-refractivity contribution < 1.29 is 15.0 Å². The van der Waals surface area contributed by atoms with E-state index in [1.54, 1.807) is 0 Å². The lowest BCUT2D eigenvalue weighted by Crippen LogP contribution is -2.57. The van der Waals surface area contributed by atoms with Gasteiger partial charge in [0.05, 0.1) is 12.7 Å². The number of allylic oxidation sites excluding steroid dienone is 3. The molecule has 0 spiro atoms. The van der Waals surface area contributed by atoms with E-state index < -0.39 is 0 Å². The second-order valence-electron chi connectivity index (χ2n) is 13.5. The highest BCUT2D eigenvalue weighted by Crippen LogP contribution is 2.71. The van der Waals surface area contributed by atoms with Crippen LogP contribution in [0.2, 0.25) is 0 Å². The number of rotatable bonds is 5. The van der Waals surface area contributed by atoms with E-state index in [0.29, 0.717) is 24.0 Å². The molecular formula is C30H48O3. The van der Waals surface area contributed by atoms with Gasteiger partial charge in [-0.15, -0.1) is 0 Å². The molecule has 2 saturated carbocycles. The van der Waals surface area contributed by atoms with Crippen LogP contribution in [0.4, 0.5) is 0 Å². The molecule has 0 aromatic carbocycles. The van der Waals surface area contributed by atoms with Gasteiger partial charge in [-0.05, 0) is 92.3 Å². The number of carbonyl (C=O) groups excluding carboxylic acids is 1. The lowest BCUT2D eigenvalue weighted by Gasteiger charge is -2.61. The average molecular weight is 457 g/mol. The zero-order valence-electron chi connectivity index (χ0n) is 22.3. The van der Waals surface area contributed by atoms with Crippen LogP contribution in [-0.2, 0) is 4.79 Å². The summed E-state index contributed by atoms with van der Waals surface area (Å²) in [7, 11) is 0. The Balaban J connectivity index is 1.67. The van der Waals surface area contributed by atoms with Gasteiger partial charge in [-0.25, -0.2) is 0 Å². The van der Waals surface area contributed by atoms with Crippen LogP contribution < -0.4 is 0 Å². The van der Waals surface area contributed by atoms with E-state index in [-0.39, 0.29) is 40.3 Å². The number of ketones is 1. The summed E-state index contributed by atoms with van der Waals surface area (Å²) in [5, 5.41) is 20.1. The van der Waals surface area contributed by atoms with Crippen LogP contribution in [-0.4, -0.2) is 28.7 Å². The molecule has 0 unspecified atom stereocenters. The molecular weight excluding hydrogens is 408 g/mol. The Morgan fingerprint density at radius 2 is 1.82 bits per heavy atom. The van der Waals surface area contributed by atoms with E-state index in [1.807, 2.05) is 6.92 Å². The van der Waals surface area contributed by atoms with Gasteiger partial charge in [0, 0.05) is 17.4 Å². The molecule has 3 nitrogen and oxygen atoms in total. The summed E-state index contributed by atoms with van der Waals surface area (Å²) < 4.78 is 0. The molecule has 4 aliphatic carbocycles. The summed E-state index contributed by atoms with van der Waals surface area (Å²) >= 11 is 0. The van der Waals surface area contributed by atoms with Crippen molar-refractivity contribution in [3.63, 3.8) is 0 Å². The normalized spacial score (nSPS) is 43.7. The van der Waals surface area contributed by atoms with Gasteiger partial charge in [-0.2, -0.15) is 0 Å². The first kappa shape index (κ1) is 25.2. The molecule has 186 valence electrons. The molecule has 4 aliphatic rings. The highest BCUT2D eigenvalue weighted by atomic mass is 16.3. The van der Waals surface area contributed by atoms with Crippen molar-refractivity contribution in [2.24, 2.45) is 39.4 Å². The van der Waals surface area contributed by atoms with E-state index >= 15 is 0 Å². The maximum Gasteiger partial charge on any atom is 0.159 e. The van der Waals surface area contributed by atoms with Crippen LogP contribution in [0.25, 0.3) is 0 Å². The summed E-state index contributed by atoms with van der Waals surface area (Å²) in [5.41, 5.74) is 3.73. The first-order chi connectivity index (χ1) is 15.3. The van der Waals surface area contributed by atoms with Crippen molar-refractivity contribution in [2.75, 3.05) is 6.61 Å². The van der Waals surface area contributed by atoms with Gasteiger partial charge >= 0.3 is 0 Å². The molecule has 0 heterocycles. The van der Waals surface area contributed by atoms with Gasteiger partial charge in [0.1, 0.15) is 0 Å². The summed E-state index contributed by atoms with van der Waals surface area (Å²) in [6.45, 7) is 16.3. The Labute approximate surface area is 202 Å². The molecule has 33 heavy (non-hydrogen) atoms. The molecule has 0 saturated heterocycles. The Morgan fingerprint density at radius 3 is 2.48 bits per heavy atom. The molecule has 2 N–H and O–H groups in total. The van der Waals surface area contributed by atoms with E-state index in [2.05, 4.69) is 47.6 Å². The van der Waals surface area contributed by atoms with Crippen LogP contribution in [0, 0.1) is 39.4 Å². The SMILES string of the molecule is CC(=CCC[C@H](C)[C@H]1CC[C@@]2(C)C3=C(CC[C@]12C)[C@@]1(C)CC[C@H](O)C(C)(C)[C@@H]1CC3=O)CO. The van der Waals surface area contributed by atoms with Gasteiger partial charge in [0.15, 0.2) is 5.78 Å². The standard InChI is InChI=1S/C30H48O3/c1-19(18-31)9-8-10-20(2)21-11-16-30(7)26-22(12-15-29(21,30)6)28(5)14-13-25(33)27(3,4)24(28)17-23(26)32/h9,20-21,24-25,31,33H,8,10-18H2,1-7H3/t20-,21+,24-,25-,28+,29+,30-/m0/s1. The van der Waals surface area contributed by atoms with Crippen molar-refractivity contribution in [2.45, 2.75) is 112 Å². The number of hydrogen-bond acceptors (Lipinski definition) is 3. The maximum atomic E-state index is 13.9. The van der Waals surface area contributed by atoms with Crippen molar-refractivity contribution in [3.05, 3.63) is 22.8 Å². The number of fused-ring (bicyclic) bond motifs is 4. The monoisotopic (exact) mass is 456 g/mol. The van der Waals surface area contributed by atoms with Gasteiger partial charge in [-0.3, -0.25) is 4.79 Å². The Morgan fingerprint density at radius 1 is 1.12 bits per heavy atom. The van der Waals surface area contributed by atoms with Crippen molar-refractivity contribution in [1.82, 2.24) is 0 Å². The Bertz CT molecular complexity index is 866. The summed E-state index contributed by atoms with van der Waals surface area (Å²) in [6, 6.07) is 0. The third-order valence-electron chi connectivity index (χ3n) is 11.7. The van der Waals surface area contributed by atoms with Crippen LogP contribution in [0.3, 0.4) is 0 Å². The summed E-state index contributed by atoms with van der Waals surface area (Å²) in [5.74, 6) is 1.89. The second-order valence-corrected chi connectivity index (χ2v) is 13.5. The molecule has 0 aromatic heterocycles. The smallest absolute Gasteiger partial charge is 0.159 e. The third-order valence-corrected chi connectivity index (χ3v) is 11.7. The summed E-state index contributed by atoms with van der Waals surface area (Å²) in [6.07, 6.45) is 11.1. The van der Waals surface area contributed by atoms with Crippen LogP contribution in [0.5, 0.6) is 0 Å². The predicted molar refractivity (Wildman–Crippen MR) is 135 cm³/mol. The van der Waals surface area contributed by atoms with Crippen molar-refractivity contribution >= 4 is 5.78 Å². The molecule has 3 heteroatoms. The molecule has 0 radical (unpaired) electrons. The summed E-state index contributed by atoms with van der Waals surface area (Å²) in [4.78, 5) is 13.9. The third kappa shape index (κ3) is 3.54. The van der Waals surface area contributed by atoms with E-state index in [9.17, 15) is 15.0 Å². The minimum absolute atomic E-state index is 0.0262. The van der Waals surface area contributed by atoms with Gasteiger partial charge in [-0.1, -0.05) is 58.8 Å². The molecule has 0 aliphatic heterocycles. The number of aliphatic hydroxyl groups excluding tert-OH is 2. The topological polar surface area (TPSA) is 57.5 Å². The fraction of sp³-hybridized carbons (Fsp3) is 0.833. The lowest BCUT2D eigenvalue weighted by molar-refractivity contribution is -0.134. The maximum absolute atomic E-state index is 13.9. The van der Waals surface area contributed by atoms with E-state index in [0.717, 1.165) is 44.1 Å². The van der Waals surface area contributed by atoms with Crippen molar-refractivity contribution in [1.29, 1.82) is 0 Å². The molecule has 0 aromatic rings. The fourth-order valence-corrected chi connectivity index (χ4v) is 9.16. The second kappa shape index (κ2) is 8.33. The van der Waals surface area contributed by atoms with Crippen LogP contribution in [0.1, 0.15) is 106 Å². The highest BCUT2D eigenvalue weighted by molar-refractivity contribution is 5.99. The quantitative estimate of drug-likeness (QED) is 0.456. The molecule has 4 rings (SSSR count). The van der Waals surface area contributed by atoms with Gasteiger partial charge in [0.25, 0.3) is 0 Å². The largest absolute Gasteiger partial charge is 0.393 e. The number of Topliss-reactive ketones (excluding diaryl/α,β-unsaturated/α-hetero) is 1. The first-order valence-electron chi connectivity index (χ1n) is 13.5. The Hall–Kier alpha value is -0.930. The molecule has 0 amide bonds. The van der Waals surface area contributed by atoms with E-state index in [1.165, 1.54) is 24.0 Å². The minimum atomic E-state index is -0.310. The zero-order chi connectivity index (χ0) is 24.4. The van der Waals surface area contributed by atoms with Crippen molar-refractivity contribution in [3.8, 4) is 0 Å². The van der Waals surface area contributed by atoms with Gasteiger partial charge in [0.2, 0.25) is 0 Å². The Kier molecular flexibility index (Phi) is 6.35. The molecule has 2 fully saturated rings. The predicted octanol–water partition coefficient (Wildman–Crippen LogP) is 6.63. The van der Waals surface area contributed by atoms with Crippen LogP contribution >= 0.6 is 0 Å². The lowest BCUT2D eigenvalue weighted by atomic mass is 9.43. The number of carbonyl (C=O) groups is 1. The van der Waals surface area contributed by atoms with Gasteiger partial charge < -0.3 is 10.2 Å². The highest BCUT2D eigenvalue weighted by Gasteiger charge is 2.65. The van der Waals surface area contributed by atoms with Crippen LogP contribution in [0.15, 0.2) is 22.8 Å². The van der Waals surface area contributed by atoms with E-state index in [4.69, 9.17) is 0 Å². The molecule has 0 bridgehead atoms. The average Bonchev–Trinajstić information content (AvgIpc) is 3.04. The minimum Gasteiger partial charge on any atom is -0.393 e. The zero-order valence-corrected chi connectivity index (χ0v) is 22.3.